The number of carbonyl (C=O) groups is 2. The third kappa shape index (κ3) is 3.82. The predicted octanol–water partition coefficient (Wildman–Crippen LogP) is 3.00. The van der Waals surface area contributed by atoms with Gasteiger partial charge in [0.2, 0.25) is 5.91 Å². The van der Waals surface area contributed by atoms with Gasteiger partial charge < -0.3 is 9.80 Å². The number of alkyl halides is 1. The second-order valence-electron chi connectivity index (χ2n) is 6.11. The van der Waals surface area contributed by atoms with Crippen molar-refractivity contribution in [2.45, 2.75) is 13.8 Å². The Morgan fingerprint density at radius 2 is 1.77 bits per heavy atom. The number of halogens is 2. The molecule has 1 fully saturated rings. The van der Waals surface area contributed by atoms with Gasteiger partial charge in [0.15, 0.2) is 0 Å². The van der Waals surface area contributed by atoms with Crippen LogP contribution in [0.3, 0.4) is 0 Å². The lowest BCUT2D eigenvalue weighted by Crippen LogP contribution is -2.53. The fourth-order valence-corrected chi connectivity index (χ4v) is 2.92. The van der Waals surface area contributed by atoms with E-state index in [1.54, 1.807) is 15.9 Å². The van der Waals surface area contributed by atoms with E-state index >= 15 is 0 Å². The van der Waals surface area contributed by atoms with Gasteiger partial charge in [-0.1, -0.05) is 22.0 Å². The number of carbonyl (C=O) groups excluding carboxylic acids is 2. The van der Waals surface area contributed by atoms with E-state index in [1.165, 1.54) is 0 Å². The molecule has 1 heterocycles. The average molecular weight is 388 g/mol. The van der Waals surface area contributed by atoms with E-state index in [0.717, 1.165) is 4.47 Å². The largest absolute Gasteiger partial charge is 0.339 e. The molecule has 2 amide bonds. The summed E-state index contributed by atoms with van der Waals surface area (Å²) in [6.07, 6.45) is 0. The molecule has 0 radical (unpaired) electrons. The Morgan fingerprint density at radius 1 is 1.18 bits per heavy atom. The summed E-state index contributed by atoms with van der Waals surface area (Å²) in [6.45, 7) is 5.91. The van der Waals surface area contributed by atoms with Crippen molar-refractivity contribution in [3.05, 3.63) is 34.3 Å². The van der Waals surface area contributed by atoms with Crippen LogP contribution >= 0.6 is 27.5 Å². The molecule has 0 aliphatic carbocycles. The predicted molar refractivity (Wildman–Crippen MR) is 91.1 cm³/mol. The van der Waals surface area contributed by atoms with E-state index < -0.39 is 5.41 Å². The summed E-state index contributed by atoms with van der Waals surface area (Å²) in [4.78, 5) is 28.4. The molecule has 22 heavy (non-hydrogen) atoms. The van der Waals surface area contributed by atoms with Gasteiger partial charge in [0.25, 0.3) is 5.91 Å². The molecule has 1 aliphatic heterocycles. The average Bonchev–Trinajstić information content (AvgIpc) is 2.53. The maximum Gasteiger partial charge on any atom is 0.254 e. The summed E-state index contributed by atoms with van der Waals surface area (Å²) in [5.74, 6) is 0.352. The quantitative estimate of drug-likeness (QED) is 0.748. The first-order chi connectivity index (χ1) is 10.3. The van der Waals surface area contributed by atoms with Crippen molar-refractivity contribution in [3.63, 3.8) is 0 Å². The summed E-state index contributed by atoms with van der Waals surface area (Å²) in [7, 11) is 0. The number of benzene rings is 1. The molecule has 0 atom stereocenters. The number of amides is 2. The molecule has 4 nitrogen and oxygen atoms in total. The molecule has 120 valence electrons. The second-order valence-corrected chi connectivity index (χ2v) is 7.30. The van der Waals surface area contributed by atoms with Crippen LogP contribution in [0.15, 0.2) is 28.7 Å². The maximum atomic E-state index is 12.5. The first-order valence-electron chi connectivity index (χ1n) is 7.25. The van der Waals surface area contributed by atoms with Crippen LogP contribution in [0, 0.1) is 5.41 Å². The SMILES string of the molecule is CC(C)(CCl)C(=O)N1CCN(C(=O)c2cccc(Br)c2)CC1. The van der Waals surface area contributed by atoms with Gasteiger partial charge in [0.05, 0.1) is 5.41 Å². The number of rotatable bonds is 3. The molecule has 0 bridgehead atoms. The number of hydrogen-bond acceptors (Lipinski definition) is 2. The van der Waals surface area contributed by atoms with E-state index in [4.69, 9.17) is 11.6 Å². The molecule has 1 aliphatic rings. The molecule has 0 N–H and O–H groups in total. The van der Waals surface area contributed by atoms with Crippen LogP contribution in [0.25, 0.3) is 0 Å². The minimum absolute atomic E-state index is 0.00463. The van der Waals surface area contributed by atoms with Gasteiger partial charge in [-0.05, 0) is 32.0 Å². The summed E-state index contributed by atoms with van der Waals surface area (Å²) in [5.41, 5.74) is 0.105. The Balaban J connectivity index is 1.98. The van der Waals surface area contributed by atoms with Gasteiger partial charge in [-0.15, -0.1) is 11.6 Å². The Bertz CT molecular complexity index is 569. The van der Waals surface area contributed by atoms with E-state index in [1.807, 2.05) is 32.0 Å². The minimum atomic E-state index is -0.558. The fraction of sp³-hybridized carbons (Fsp3) is 0.500. The molecule has 0 spiro atoms. The second kappa shape index (κ2) is 7.01. The highest BCUT2D eigenvalue weighted by Crippen LogP contribution is 2.22. The van der Waals surface area contributed by atoms with Crippen LogP contribution in [0.5, 0.6) is 0 Å². The van der Waals surface area contributed by atoms with Crippen LogP contribution in [0.2, 0.25) is 0 Å². The molecular formula is C16H20BrClN2O2. The highest BCUT2D eigenvalue weighted by molar-refractivity contribution is 9.10. The lowest BCUT2D eigenvalue weighted by atomic mass is 9.94. The summed E-state index contributed by atoms with van der Waals surface area (Å²) < 4.78 is 0.885. The standard InChI is InChI=1S/C16H20BrClN2O2/c1-16(2,11-18)15(22)20-8-6-19(7-9-20)14(21)12-4-3-5-13(17)10-12/h3-5,10H,6-9,11H2,1-2H3. The van der Waals surface area contributed by atoms with Crippen molar-refractivity contribution in [1.82, 2.24) is 9.80 Å². The maximum absolute atomic E-state index is 12.5. The smallest absolute Gasteiger partial charge is 0.254 e. The zero-order valence-corrected chi connectivity index (χ0v) is 15.2. The van der Waals surface area contributed by atoms with Crippen molar-refractivity contribution in [3.8, 4) is 0 Å². The monoisotopic (exact) mass is 386 g/mol. The van der Waals surface area contributed by atoms with Crippen LogP contribution < -0.4 is 0 Å². The Morgan fingerprint density at radius 3 is 2.32 bits per heavy atom. The third-order valence-electron chi connectivity index (χ3n) is 3.84. The van der Waals surface area contributed by atoms with Gasteiger partial charge in [-0.2, -0.15) is 0 Å². The molecule has 0 unspecified atom stereocenters. The normalized spacial score (nSPS) is 15.8. The van der Waals surface area contributed by atoms with Crippen molar-refractivity contribution >= 4 is 39.3 Å². The van der Waals surface area contributed by atoms with E-state index in [2.05, 4.69) is 15.9 Å². The fourth-order valence-electron chi connectivity index (χ4n) is 2.40. The number of piperazine rings is 1. The van der Waals surface area contributed by atoms with Crippen LogP contribution in [-0.4, -0.2) is 53.7 Å². The van der Waals surface area contributed by atoms with Gasteiger partial charge >= 0.3 is 0 Å². The van der Waals surface area contributed by atoms with Gasteiger partial charge in [0.1, 0.15) is 0 Å². The Labute approximate surface area is 144 Å². The lowest BCUT2D eigenvalue weighted by molar-refractivity contribution is -0.140. The van der Waals surface area contributed by atoms with Gasteiger partial charge in [0, 0.05) is 42.1 Å². The highest BCUT2D eigenvalue weighted by Gasteiger charge is 2.33. The van der Waals surface area contributed by atoms with Crippen molar-refractivity contribution in [2.75, 3.05) is 32.1 Å². The highest BCUT2D eigenvalue weighted by atomic mass is 79.9. The first-order valence-corrected chi connectivity index (χ1v) is 8.58. The summed E-state index contributed by atoms with van der Waals surface area (Å²) in [5, 5.41) is 0. The van der Waals surface area contributed by atoms with Gasteiger partial charge in [-0.3, -0.25) is 9.59 Å². The zero-order chi connectivity index (χ0) is 16.3. The van der Waals surface area contributed by atoms with Crippen molar-refractivity contribution in [2.24, 2.45) is 5.41 Å². The molecule has 1 aromatic rings. The lowest BCUT2D eigenvalue weighted by Gasteiger charge is -2.38. The molecule has 6 heteroatoms. The molecule has 2 rings (SSSR count). The van der Waals surface area contributed by atoms with Crippen LogP contribution in [0.4, 0.5) is 0 Å². The van der Waals surface area contributed by atoms with E-state index in [9.17, 15) is 9.59 Å². The van der Waals surface area contributed by atoms with Gasteiger partial charge in [-0.25, -0.2) is 0 Å². The van der Waals surface area contributed by atoms with Crippen LogP contribution in [-0.2, 0) is 4.79 Å². The molecule has 1 saturated heterocycles. The molecular weight excluding hydrogens is 368 g/mol. The number of nitrogens with zero attached hydrogens (tertiary/aromatic N) is 2. The van der Waals surface area contributed by atoms with E-state index in [0.29, 0.717) is 37.6 Å². The molecule has 0 aromatic heterocycles. The summed E-state index contributed by atoms with van der Waals surface area (Å²) in [6, 6.07) is 7.36. The molecule has 0 saturated carbocycles. The van der Waals surface area contributed by atoms with Crippen LogP contribution in [0.1, 0.15) is 24.2 Å². The van der Waals surface area contributed by atoms with E-state index in [-0.39, 0.29) is 11.8 Å². The topological polar surface area (TPSA) is 40.6 Å². The molecule has 1 aromatic carbocycles. The summed E-state index contributed by atoms with van der Waals surface area (Å²) >= 11 is 9.24. The Hall–Kier alpha value is -1.07. The minimum Gasteiger partial charge on any atom is -0.339 e. The zero-order valence-electron chi connectivity index (χ0n) is 12.8. The third-order valence-corrected chi connectivity index (χ3v) is 5.00. The van der Waals surface area contributed by atoms with Crippen molar-refractivity contribution in [1.29, 1.82) is 0 Å². The first kappa shape index (κ1) is 17.3. The Kier molecular flexibility index (Phi) is 5.50. The van der Waals surface area contributed by atoms with Crippen molar-refractivity contribution < 1.29 is 9.59 Å². The number of hydrogen-bond donors (Lipinski definition) is 0.